The molecule has 0 aliphatic rings. The van der Waals surface area contributed by atoms with Crippen LogP contribution in [0.2, 0.25) is 0 Å². The van der Waals surface area contributed by atoms with Gasteiger partial charge in [-0.2, -0.15) is 0 Å². The fourth-order valence-corrected chi connectivity index (χ4v) is 6.46. The van der Waals surface area contributed by atoms with Crippen molar-refractivity contribution >= 4 is 32.5 Å². The van der Waals surface area contributed by atoms with Crippen molar-refractivity contribution in [1.29, 1.82) is 0 Å². The fourth-order valence-electron chi connectivity index (χ4n) is 4.76. The molecule has 0 radical (unpaired) electrons. The van der Waals surface area contributed by atoms with Gasteiger partial charge < -0.3 is 5.11 Å². The highest BCUT2D eigenvalue weighted by atomic mass is 32.2. The average molecular weight is 488 g/mol. The number of hydrogen-bond donors (Lipinski definition) is 2. The summed E-state index contributed by atoms with van der Waals surface area (Å²) in [7, 11) is -3.86. The predicted molar refractivity (Wildman–Crippen MR) is 141 cm³/mol. The first kappa shape index (κ1) is 24.5. The van der Waals surface area contributed by atoms with E-state index in [1.807, 2.05) is 94.4 Å². The highest BCUT2D eigenvalue weighted by molar-refractivity contribution is 7.92. The van der Waals surface area contributed by atoms with Gasteiger partial charge in [0.05, 0.1) is 17.0 Å². The Kier molecular flexibility index (Phi) is 6.68. The Morgan fingerprint density at radius 1 is 0.829 bits per heavy atom. The molecule has 35 heavy (non-hydrogen) atoms. The van der Waals surface area contributed by atoms with Crippen molar-refractivity contribution in [1.82, 2.24) is 0 Å². The van der Waals surface area contributed by atoms with Crippen molar-refractivity contribution in [3.63, 3.8) is 0 Å². The average Bonchev–Trinajstić information content (AvgIpc) is 2.82. The van der Waals surface area contributed by atoms with Gasteiger partial charge in [-0.25, -0.2) is 8.42 Å². The van der Waals surface area contributed by atoms with Crippen molar-refractivity contribution < 1.29 is 18.3 Å². The molecule has 1 unspecified atom stereocenters. The number of nitrogens with one attached hydrogen (secondary N) is 1. The lowest BCUT2D eigenvalue weighted by Gasteiger charge is -2.21. The maximum Gasteiger partial charge on any atom is 0.304 e. The minimum atomic E-state index is -3.86. The van der Waals surface area contributed by atoms with E-state index in [9.17, 15) is 18.3 Å². The Balaban J connectivity index is 1.86. The highest BCUT2D eigenvalue weighted by Crippen LogP contribution is 2.37. The van der Waals surface area contributed by atoms with Crippen molar-refractivity contribution in [3.8, 4) is 0 Å². The molecule has 0 aromatic heterocycles. The minimum Gasteiger partial charge on any atom is -0.481 e. The third-order valence-corrected chi connectivity index (χ3v) is 8.36. The van der Waals surface area contributed by atoms with Crippen LogP contribution in [0.15, 0.2) is 77.7 Å². The van der Waals surface area contributed by atoms with E-state index in [0.29, 0.717) is 10.6 Å². The summed E-state index contributed by atoms with van der Waals surface area (Å²) in [6.45, 7) is 7.48. The lowest BCUT2D eigenvalue weighted by Crippen LogP contribution is -2.17. The normalized spacial score (nSPS) is 12.5. The third kappa shape index (κ3) is 4.80. The van der Waals surface area contributed by atoms with Crippen molar-refractivity contribution in [2.75, 3.05) is 4.72 Å². The standard InChI is InChI=1S/C29H29NO4S/c1-18-16-19(2)21(4)29(20(18)3)35(33,34)30-27-15-14-24(23-12-8-9-13-25(23)27)26(17-28(31)32)22-10-6-5-7-11-22/h5-16,26,30H,17H2,1-4H3,(H,31,32). The molecule has 0 heterocycles. The Labute approximate surface area is 206 Å². The van der Waals surface area contributed by atoms with E-state index in [2.05, 4.69) is 4.72 Å². The number of fused-ring (bicyclic) bond motifs is 1. The van der Waals surface area contributed by atoms with Gasteiger partial charge in [-0.15, -0.1) is 0 Å². The first-order valence-electron chi connectivity index (χ1n) is 11.5. The zero-order valence-corrected chi connectivity index (χ0v) is 21.1. The van der Waals surface area contributed by atoms with Crippen LogP contribution in [0.25, 0.3) is 10.8 Å². The number of carbonyl (C=O) groups is 1. The lowest BCUT2D eigenvalue weighted by molar-refractivity contribution is -0.137. The van der Waals surface area contributed by atoms with Crippen LogP contribution in [-0.4, -0.2) is 19.5 Å². The van der Waals surface area contributed by atoms with E-state index < -0.39 is 16.0 Å². The summed E-state index contributed by atoms with van der Waals surface area (Å²) in [4.78, 5) is 12.0. The topological polar surface area (TPSA) is 83.5 Å². The summed E-state index contributed by atoms with van der Waals surface area (Å²) >= 11 is 0. The number of anilines is 1. The second-order valence-electron chi connectivity index (χ2n) is 9.00. The maximum absolute atomic E-state index is 13.6. The van der Waals surface area contributed by atoms with Gasteiger partial charge >= 0.3 is 5.97 Å². The SMILES string of the molecule is Cc1cc(C)c(C)c(S(=O)(=O)Nc2ccc(C(CC(=O)O)c3ccccc3)c3ccccc23)c1C. The van der Waals surface area contributed by atoms with Crippen LogP contribution < -0.4 is 4.72 Å². The molecule has 6 heteroatoms. The van der Waals surface area contributed by atoms with Gasteiger partial charge in [0.15, 0.2) is 0 Å². The molecule has 4 rings (SSSR count). The number of carboxylic acid groups (broad SMARTS) is 1. The molecule has 4 aromatic rings. The van der Waals surface area contributed by atoms with E-state index in [1.54, 1.807) is 6.07 Å². The van der Waals surface area contributed by atoms with Crippen LogP contribution in [0, 0.1) is 27.7 Å². The minimum absolute atomic E-state index is 0.0694. The summed E-state index contributed by atoms with van der Waals surface area (Å²) in [6, 6.07) is 22.6. The van der Waals surface area contributed by atoms with Crippen LogP contribution in [0.4, 0.5) is 5.69 Å². The Morgan fingerprint density at radius 2 is 1.40 bits per heavy atom. The third-order valence-electron chi connectivity index (χ3n) is 6.72. The molecule has 0 saturated carbocycles. The molecular weight excluding hydrogens is 458 g/mol. The zero-order valence-electron chi connectivity index (χ0n) is 20.3. The largest absolute Gasteiger partial charge is 0.481 e. The van der Waals surface area contributed by atoms with E-state index in [0.717, 1.165) is 44.2 Å². The first-order chi connectivity index (χ1) is 16.6. The highest BCUT2D eigenvalue weighted by Gasteiger charge is 2.25. The van der Waals surface area contributed by atoms with E-state index in [-0.39, 0.29) is 12.3 Å². The number of sulfonamides is 1. The smallest absolute Gasteiger partial charge is 0.304 e. The molecule has 2 N–H and O–H groups in total. The molecule has 0 saturated heterocycles. The monoisotopic (exact) mass is 487 g/mol. The van der Waals surface area contributed by atoms with E-state index in [1.165, 1.54) is 0 Å². The number of aliphatic carboxylic acids is 1. The maximum atomic E-state index is 13.6. The van der Waals surface area contributed by atoms with Crippen LogP contribution in [0.1, 0.15) is 45.7 Å². The van der Waals surface area contributed by atoms with Gasteiger partial charge in [-0.3, -0.25) is 9.52 Å². The summed E-state index contributed by atoms with van der Waals surface area (Å²) in [5.41, 5.74) is 5.51. The summed E-state index contributed by atoms with van der Waals surface area (Å²) in [5, 5.41) is 11.2. The number of carboxylic acids is 1. The molecule has 0 spiro atoms. The first-order valence-corrected chi connectivity index (χ1v) is 13.0. The fraction of sp³-hybridized carbons (Fsp3) is 0.207. The Morgan fingerprint density at radius 3 is 2.00 bits per heavy atom. The van der Waals surface area contributed by atoms with Gasteiger partial charge in [0, 0.05) is 11.3 Å². The second-order valence-corrected chi connectivity index (χ2v) is 10.6. The molecule has 4 aromatic carbocycles. The number of rotatable bonds is 7. The molecular formula is C29H29NO4S. The van der Waals surface area contributed by atoms with Crippen LogP contribution in [-0.2, 0) is 14.8 Å². The number of aryl methyl sites for hydroxylation is 2. The van der Waals surface area contributed by atoms with Crippen molar-refractivity contribution in [3.05, 3.63) is 106 Å². The molecule has 0 aliphatic heterocycles. The molecule has 0 amide bonds. The van der Waals surface area contributed by atoms with Crippen LogP contribution in [0.5, 0.6) is 0 Å². The second kappa shape index (κ2) is 9.55. The van der Waals surface area contributed by atoms with Crippen molar-refractivity contribution in [2.45, 2.75) is 44.9 Å². The van der Waals surface area contributed by atoms with E-state index in [4.69, 9.17) is 0 Å². The molecule has 0 fully saturated rings. The van der Waals surface area contributed by atoms with Gasteiger partial charge in [-0.1, -0.05) is 66.7 Å². The van der Waals surface area contributed by atoms with Crippen LogP contribution in [0.3, 0.4) is 0 Å². The van der Waals surface area contributed by atoms with Crippen LogP contribution >= 0.6 is 0 Å². The molecule has 0 aliphatic carbocycles. The Bertz CT molecular complexity index is 1500. The summed E-state index contributed by atoms with van der Waals surface area (Å²) in [5.74, 6) is -1.26. The lowest BCUT2D eigenvalue weighted by atomic mass is 9.85. The van der Waals surface area contributed by atoms with Gasteiger partial charge in [-0.05, 0) is 72.5 Å². The predicted octanol–water partition coefficient (Wildman–Crippen LogP) is 6.48. The van der Waals surface area contributed by atoms with Crippen molar-refractivity contribution in [2.24, 2.45) is 0 Å². The molecule has 5 nitrogen and oxygen atoms in total. The quantitative estimate of drug-likeness (QED) is 0.312. The summed E-state index contributed by atoms with van der Waals surface area (Å²) in [6.07, 6.45) is -0.0694. The van der Waals surface area contributed by atoms with Gasteiger partial charge in [0.1, 0.15) is 0 Å². The number of benzene rings is 4. The molecule has 180 valence electrons. The van der Waals surface area contributed by atoms with E-state index >= 15 is 0 Å². The molecule has 1 atom stereocenters. The van der Waals surface area contributed by atoms with Gasteiger partial charge in [0.25, 0.3) is 10.0 Å². The molecule has 0 bridgehead atoms. The Hall–Kier alpha value is -3.64. The zero-order chi connectivity index (χ0) is 25.3. The van der Waals surface area contributed by atoms with Gasteiger partial charge in [0.2, 0.25) is 0 Å². The summed E-state index contributed by atoms with van der Waals surface area (Å²) < 4.78 is 30.0. The number of hydrogen-bond acceptors (Lipinski definition) is 3.